The highest BCUT2D eigenvalue weighted by Crippen LogP contribution is 2.31. The lowest BCUT2D eigenvalue weighted by Crippen LogP contribution is -2.29. The number of carbonyl (C=O) groups is 1. The van der Waals surface area contributed by atoms with Crippen LogP contribution in [0.3, 0.4) is 0 Å². The van der Waals surface area contributed by atoms with E-state index in [0.717, 1.165) is 23.3 Å². The number of alkyl halides is 3. The SMILES string of the molecule is O=C(NC(c1ccccc1)c1ccccc1)c1cccc(S(=O)(=O)Nc2cccc(C(F)(F)F)c2)c1. The van der Waals surface area contributed by atoms with Crippen LogP contribution in [0.2, 0.25) is 0 Å². The molecule has 0 fully saturated rings. The average Bonchev–Trinajstić information content (AvgIpc) is 2.87. The summed E-state index contributed by atoms with van der Waals surface area (Å²) in [7, 11) is -4.26. The summed E-state index contributed by atoms with van der Waals surface area (Å²) in [4.78, 5) is 12.9. The lowest BCUT2D eigenvalue weighted by atomic mass is 9.98. The molecule has 0 radical (unpaired) electrons. The molecule has 0 aromatic heterocycles. The molecule has 0 unspecified atom stereocenters. The van der Waals surface area contributed by atoms with E-state index in [1.54, 1.807) is 0 Å². The molecule has 0 aliphatic rings. The fourth-order valence-corrected chi connectivity index (χ4v) is 4.74. The summed E-state index contributed by atoms with van der Waals surface area (Å²) in [5.41, 5.74) is 0.537. The van der Waals surface area contributed by atoms with Crippen LogP contribution in [0.4, 0.5) is 18.9 Å². The Morgan fingerprint density at radius 2 is 1.31 bits per heavy atom. The zero-order chi connectivity index (χ0) is 25.8. The van der Waals surface area contributed by atoms with Gasteiger partial charge in [-0.3, -0.25) is 9.52 Å². The molecule has 0 bridgehead atoms. The Bertz CT molecular complexity index is 1420. The van der Waals surface area contributed by atoms with Crippen LogP contribution < -0.4 is 10.0 Å². The van der Waals surface area contributed by atoms with Crippen LogP contribution in [-0.2, 0) is 16.2 Å². The van der Waals surface area contributed by atoms with Gasteiger partial charge < -0.3 is 5.32 Å². The van der Waals surface area contributed by atoms with E-state index in [-0.39, 0.29) is 16.1 Å². The quantitative estimate of drug-likeness (QED) is 0.319. The zero-order valence-corrected chi connectivity index (χ0v) is 19.6. The Morgan fingerprint density at radius 1 is 0.722 bits per heavy atom. The number of anilines is 1. The predicted octanol–water partition coefficient (Wildman–Crippen LogP) is 6.03. The summed E-state index contributed by atoms with van der Waals surface area (Å²) in [6.07, 6.45) is -4.62. The van der Waals surface area contributed by atoms with Gasteiger partial charge in [0.1, 0.15) is 0 Å². The second-order valence-electron chi connectivity index (χ2n) is 7.94. The van der Waals surface area contributed by atoms with Crippen molar-refractivity contribution in [2.75, 3.05) is 4.72 Å². The van der Waals surface area contributed by atoms with Crippen molar-refractivity contribution < 1.29 is 26.4 Å². The van der Waals surface area contributed by atoms with Crippen molar-refractivity contribution in [3.8, 4) is 0 Å². The first-order chi connectivity index (χ1) is 17.1. The number of benzene rings is 4. The van der Waals surface area contributed by atoms with Crippen LogP contribution in [0.15, 0.2) is 114 Å². The number of sulfonamides is 1. The summed E-state index contributed by atoms with van der Waals surface area (Å²) >= 11 is 0. The molecule has 36 heavy (non-hydrogen) atoms. The molecule has 0 aliphatic heterocycles. The van der Waals surface area contributed by atoms with E-state index >= 15 is 0 Å². The van der Waals surface area contributed by atoms with Crippen LogP contribution in [0.25, 0.3) is 0 Å². The zero-order valence-electron chi connectivity index (χ0n) is 18.7. The number of nitrogens with one attached hydrogen (secondary N) is 2. The van der Waals surface area contributed by atoms with Gasteiger partial charge in [0.15, 0.2) is 0 Å². The van der Waals surface area contributed by atoms with Crippen LogP contribution in [0, 0.1) is 0 Å². The monoisotopic (exact) mass is 510 g/mol. The van der Waals surface area contributed by atoms with Crippen molar-refractivity contribution in [1.29, 1.82) is 0 Å². The fourth-order valence-electron chi connectivity index (χ4n) is 3.64. The molecule has 0 atom stereocenters. The smallest absolute Gasteiger partial charge is 0.341 e. The molecule has 0 aliphatic carbocycles. The molecule has 184 valence electrons. The van der Waals surface area contributed by atoms with Crippen molar-refractivity contribution in [1.82, 2.24) is 5.32 Å². The minimum atomic E-state index is -4.62. The minimum absolute atomic E-state index is 0.0822. The number of hydrogen-bond donors (Lipinski definition) is 2. The van der Waals surface area contributed by atoms with Gasteiger partial charge >= 0.3 is 6.18 Å². The van der Waals surface area contributed by atoms with E-state index in [0.29, 0.717) is 6.07 Å². The minimum Gasteiger partial charge on any atom is -0.341 e. The van der Waals surface area contributed by atoms with Gasteiger partial charge in [-0.15, -0.1) is 0 Å². The van der Waals surface area contributed by atoms with E-state index in [2.05, 4.69) is 10.0 Å². The van der Waals surface area contributed by atoms with E-state index in [1.165, 1.54) is 30.3 Å². The number of carbonyl (C=O) groups excluding carboxylic acids is 1. The highest BCUT2D eigenvalue weighted by molar-refractivity contribution is 7.92. The average molecular weight is 511 g/mol. The van der Waals surface area contributed by atoms with Gasteiger partial charge in [-0.1, -0.05) is 72.8 Å². The van der Waals surface area contributed by atoms with Gasteiger partial charge in [-0.2, -0.15) is 13.2 Å². The highest BCUT2D eigenvalue weighted by Gasteiger charge is 2.31. The lowest BCUT2D eigenvalue weighted by molar-refractivity contribution is -0.137. The summed E-state index contributed by atoms with van der Waals surface area (Å²) in [6, 6.07) is 27.3. The van der Waals surface area contributed by atoms with Crippen molar-refractivity contribution in [2.24, 2.45) is 0 Å². The fraction of sp³-hybridized carbons (Fsp3) is 0.0741. The van der Waals surface area contributed by atoms with E-state index in [1.807, 2.05) is 60.7 Å². The van der Waals surface area contributed by atoms with Crippen molar-refractivity contribution in [2.45, 2.75) is 17.1 Å². The first-order valence-electron chi connectivity index (χ1n) is 10.8. The first-order valence-corrected chi connectivity index (χ1v) is 12.3. The normalized spacial score (nSPS) is 11.8. The topological polar surface area (TPSA) is 75.3 Å². The molecule has 4 aromatic rings. The van der Waals surface area contributed by atoms with Crippen LogP contribution in [0.5, 0.6) is 0 Å². The molecule has 2 N–H and O–H groups in total. The van der Waals surface area contributed by atoms with Gasteiger partial charge in [-0.25, -0.2) is 8.42 Å². The van der Waals surface area contributed by atoms with Crippen LogP contribution in [-0.4, -0.2) is 14.3 Å². The maximum absolute atomic E-state index is 13.1. The molecule has 0 saturated carbocycles. The maximum Gasteiger partial charge on any atom is 0.416 e. The molecule has 5 nitrogen and oxygen atoms in total. The number of rotatable bonds is 7. The van der Waals surface area contributed by atoms with Crippen LogP contribution >= 0.6 is 0 Å². The number of halogens is 3. The molecule has 1 amide bonds. The lowest BCUT2D eigenvalue weighted by Gasteiger charge is -2.20. The first kappa shape index (κ1) is 25.0. The standard InChI is InChI=1S/C27H21F3N2O3S/c28-27(29,30)22-14-8-15-23(18-22)32-36(34,35)24-16-7-13-21(17-24)26(33)31-25(19-9-3-1-4-10-19)20-11-5-2-6-12-20/h1-18,25,32H,(H,31,33). The van der Waals surface area contributed by atoms with Crippen LogP contribution in [0.1, 0.15) is 33.1 Å². The highest BCUT2D eigenvalue weighted by atomic mass is 32.2. The van der Waals surface area contributed by atoms with Gasteiger partial charge in [0.25, 0.3) is 15.9 Å². The Morgan fingerprint density at radius 3 is 1.89 bits per heavy atom. The Labute approximate surface area is 206 Å². The van der Waals surface area contributed by atoms with Crippen molar-refractivity contribution in [3.63, 3.8) is 0 Å². The molecule has 0 heterocycles. The molecule has 0 spiro atoms. The van der Waals surface area contributed by atoms with Gasteiger partial charge in [0, 0.05) is 11.3 Å². The van der Waals surface area contributed by atoms with E-state index in [4.69, 9.17) is 0 Å². The third-order valence-corrected chi connectivity index (χ3v) is 6.77. The van der Waals surface area contributed by atoms with Gasteiger partial charge in [0.05, 0.1) is 16.5 Å². The van der Waals surface area contributed by atoms with E-state index in [9.17, 15) is 26.4 Å². The third kappa shape index (κ3) is 5.92. The number of amides is 1. The van der Waals surface area contributed by atoms with Gasteiger partial charge in [-0.05, 0) is 47.5 Å². The summed E-state index contributed by atoms with van der Waals surface area (Å²) in [5, 5.41) is 2.94. The van der Waals surface area contributed by atoms with E-state index < -0.39 is 33.7 Å². The second-order valence-corrected chi connectivity index (χ2v) is 9.62. The molecule has 0 saturated heterocycles. The Hall–Kier alpha value is -4.11. The van der Waals surface area contributed by atoms with Crippen molar-refractivity contribution >= 4 is 21.6 Å². The second kappa shape index (κ2) is 10.2. The molecule has 9 heteroatoms. The maximum atomic E-state index is 13.1. The van der Waals surface area contributed by atoms with Crippen molar-refractivity contribution in [3.05, 3.63) is 131 Å². The number of hydrogen-bond acceptors (Lipinski definition) is 3. The Balaban J connectivity index is 1.59. The third-order valence-electron chi connectivity index (χ3n) is 5.39. The largest absolute Gasteiger partial charge is 0.416 e. The predicted molar refractivity (Wildman–Crippen MR) is 131 cm³/mol. The summed E-state index contributed by atoms with van der Waals surface area (Å²) in [6.45, 7) is 0. The molecular weight excluding hydrogens is 489 g/mol. The summed E-state index contributed by atoms with van der Waals surface area (Å²) in [5.74, 6) is -0.510. The molecule has 4 rings (SSSR count). The van der Waals surface area contributed by atoms with Gasteiger partial charge in [0.2, 0.25) is 0 Å². The summed E-state index contributed by atoms with van der Waals surface area (Å²) < 4.78 is 66.9. The molecular formula is C27H21F3N2O3S. The Kier molecular flexibility index (Phi) is 7.12. The molecule has 4 aromatic carbocycles.